The fourth-order valence-electron chi connectivity index (χ4n) is 7.54. The van der Waals surface area contributed by atoms with E-state index in [0.717, 1.165) is 17.1 Å². The van der Waals surface area contributed by atoms with Crippen LogP contribution in [0.5, 0.6) is 0 Å². The maximum Gasteiger partial charge on any atom is 0.0562 e. The molecule has 1 aromatic heterocycles. The molecule has 0 spiro atoms. The number of benzene rings is 8. The molecule has 2 heteroatoms. The van der Waals surface area contributed by atoms with Crippen LogP contribution in [0.3, 0.4) is 0 Å². The minimum atomic E-state index is 1.10. The van der Waals surface area contributed by atoms with Crippen molar-refractivity contribution in [3.63, 3.8) is 0 Å². The Morgan fingerprint density at radius 3 is 1.50 bits per heavy atom. The molecule has 0 aliphatic carbocycles. The van der Waals surface area contributed by atoms with E-state index in [-0.39, 0.29) is 0 Å². The molecular formula is C50H38N2. The molecule has 0 fully saturated rings. The summed E-state index contributed by atoms with van der Waals surface area (Å²) in [4.78, 5) is 2.42. The quantitative estimate of drug-likeness (QED) is 0.164. The summed E-state index contributed by atoms with van der Waals surface area (Å²) in [5.41, 5.74) is 16.6. The highest BCUT2D eigenvalue weighted by Crippen LogP contribution is 2.45. The molecule has 0 radical (unpaired) electrons. The molecule has 9 aromatic rings. The van der Waals surface area contributed by atoms with Crippen LogP contribution in [0.4, 0.5) is 17.1 Å². The van der Waals surface area contributed by atoms with E-state index in [1.807, 2.05) is 0 Å². The Morgan fingerprint density at radius 1 is 0.385 bits per heavy atom. The Kier molecular flexibility index (Phi) is 7.98. The van der Waals surface area contributed by atoms with Crippen molar-refractivity contribution in [2.24, 2.45) is 0 Å². The number of fused-ring (bicyclic) bond motifs is 3. The van der Waals surface area contributed by atoms with Crippen LogP contribution in [0.15, 0.2) is 194 Å². The van der Waals surface area contributed by atoms with Crippen LogP contribution in [0.2, 0.25) is 0 Å². The SMILES string of the molecule is Cc1ccc(-c2ccc(C)cc2-n2c3ccccc3c3c(N(c4ccc(-c5ccccc5)cc4)c4ccc(-c5ccccc5)cc4)cccc32)cc1. The number of hydrogen-bond acceptors (Lipinski definition) is 1. The summed E-state index contributed by atoms with van der Waals surface area (Å²) in [6.07, 6.45) is 0. The molecule has 248 valence electrons. The predicted molar refractivity (Wildman–Crippen MR) is 221 cm³/mol. The van der Waals surface area contributed by atoms with Gasteiger partial charge in [-0.3, -0.25) is 0 Å². The van der Waals surface area contributed by atoms with Gasteiger partial charge in [0.2, 0.25) is 0 Å². The van der Waals surface area contributed by atoms with Crippen molar-refractivity contribution in [3.8, 4) is 39.1 Å². The normalized spacial score (nSPS) is 11.3. The molecule has 0 bridgehead atoms. The molecule has 0 atom stereocenters. The second-order valence-corrected chi connectivity index (χ2v) is 13.6. The average molecular weight is 667 g/mol. The first kappa shape index (κ1) is 31.3. The fourth-order valence-corrected chi connectivity index (χ4v) is 7.54. The van der Waals surface area contributed by atoms with Gasteiger partial charge in [0.25, 0.3) is 0 Å². The van der Waals surface area contributed by atoms with Crippen molar-refractivity contribution >= 4 is 38.9 Å². The highest BCUT2D eigenvalue weighted by molar-refractivity contribution is 6.17. The van der Waals surface area contributed by atoms with Crippen LogP contribution >= 0.6 is 0 Å². The summed E-state index contributed by atoms with van der Waals surface area (Å²) in [6, 6.07) is 70.4. The second kappa shape index (κ2) is 13.2. The average Bonchev–Trinajstić information content (AvgIpc) is 3.54. The molecular weight excluding hydrogens is 629 g/mol. The Hall–Kier alpha value is -6.64. The van der Waals surface area contributed by atoms with Crippen molar-refractivity contribution in [1.29, 1.82) is 0 Å². The van der Waals surface area contributed by atoms with E-state index >= 15 is 0 Å². The Bertz CT molecular complexity index is 2570. The Balaban J connectivity index is 1.28. The van der Waals surface area contributed by atoms with E-state index in [0.29, 0.717) is 0 Å². The monoisotopic (exact) mass is 666 g/mol. The van der Waals surface area contributed by atoms with Crippen LogP contribution in [-0.2, 0) is 0 Å². The highest BCUT2D eigenvalue weighted by Gasteiger charge is 2.22. The molecule has 52 heavy (non-hydrogen) atoms. The van der Waals surface area contributed by atoms with E-state index in [9.17, 15) is 0 Å². The Labute approximate surface area is 305 Å². The molecule has 0 aliphatic rings. The summed E-state index contributed by atoms with van der Waals surface area (Å²) >= 11 is 0. The van der Waals surface area contributed by atoms with Crippen molar-refractivity contribution in [2.45, 2.75) is 13.8 Å². The van der Waals surface area contributed by atoms with Gasteiger partial charge in [-0.15, -0.1) is 0 Å². The number of aromatic nitrogens is 1. The summed E-state index contributed by atoms with van der Waals surface area (Å²) in [5.74, 6) is 0. The molecule has 0 saturated carbocycles. The zero-order valence-electron chi connectivity index (χ0n) is 29.4. The van der Waals surface area contributed by atoms with Gasteiger partial charge >= 0.3 is 0 Å². The van der Waals surface area contributed by atoms with Crippen molar-refractivity contribution in [3.05, 3.63) is 205 Å². The lowest BCUT2D eigenvalue weighted by Crippen LogP contribution is -2.10. The summed E-state index contributed by atoms with van der Waals surface area (Å²) < 4.78 is 2.46. The molecule has 9 rings (SSSR count). The van der Waals surface area contributed by atoms with E-state index in [4.69, 9.17) is 0 Å². The zero-order valence-corrected chi connectivity index (χ0v) is 29.4. The number of anilines is 3. The molecule has 2 nitrogen and oxygen atoms in total. The van der Waals surface area contributed by atoms with E-state index < -0.39 is 0 Å². The standard InChI is InChI=1S/C50H38N2/c1-35-20-23-41(24-21-35)44-33-22-36(2)34-49(44)52-46-17-10-9-16-45(46)50-47(18-11-19-48(50)52)51(42-29-25-39(26-30-42)37-12-5-3-6-13-37)43-31-27-40(28-32-43)38-14-7-4-8-15-38/h3-34H,1-2H3. The van der Waals surface area contributed by atoms with Crippen molar-refractivity contribution in [1.82, 2.24) is 4.57 Å². The first-order valence-electron chi connectivity index (χ1n) is 17.9. The molecule has 0 N–H and O–H groups in total. The van der Waals surface area contributed by atoms with Gasteiger partial charge in [-0.2, -0.15) is 0 Å². The van der Waals surface area contributed by atoms with Crippen LogP contribution in [0.1, 0.15) is 11.1 Å². The number of hydrogen-bond donors (Lipinski definition) is 0. The predicted octanol–water partition coefficient (Wildman–Crippen LogP) is 13.9. The molecule has 8 aromatic carbocycles. The number of nitrogens with zero attached hydrogens (tertiary/aromatic N) is 2. The lowest BCUT2D eigenvalue weighted by atomic mass is 10.0. The van der Waals surface area contributed by atoms with Crippen LogP contribution in [0, 0.1) is 13.8 Å². The minimum Gasteiger partial charge on any atom is -0.310 e. The third kappa shape index (κ3) is 5.65. The van der Waals surface area contributed by atoms with Gasteiger partial charge < -0.3 is 9.47 Å². The lowest BCUT2D eigenvalue weighted by molar-refractivity contribution is 1.17. The van der Waals surface area contributed by atoms with Crippen LogP contribution in [-0.4, -0.2) is 4.57 Å². The van der Waals surface area contributed by atoms with Gasteiger partial charge in [-0.1, -0.05) is 151 Å². The third-order valence-corrected chi connectivity index (χ3v) is 10.1. The van der Waals surface area contributed by atoms with Gasteiger partial charge in [-0.05, 0) is 95.8 Å². The van der Waals surface area contributed by atoms with Crippen LogP contribution in [0.25, 0.3) is 60.9 Å². The molecule has 0 amide bonds. The first-order valence-corrected chi connectivity index (χ1v) is 17.9. The summed E-state index contributed by atoms with van der Waals surface area (Å²) in [5, 5.41) is 2.44. The van der Waals surface area contributed by atoms with E-state index in [2.05, 4.69) is 217 Å². The molecule has 1 heterocycles. The first-order chi connectivity index (χ1) is 25.6. The van der Waals surface area contributed by atoms with Gasteiger partial charge in [0, 0.05) is 27.7 Å². The molecule has 0 saturated heterocycles. The maximum atomic E-state index is 2.46. The summed E-state index contributed by atoms with van der Waals surface area (Å²) in [6.45, 7) is 4.33. The third-order valence-electron chi connectivity index (χ3n) is 10.1. The maximum absolute atomic E-state index is 2.46. The van der Waals surface area contributed by atoms with Crippen molar-refractivity contribution < 1.29 is 0 Å². The fraction of sp³-hybridized carbons (Fsp3) is 0.0400. The smallest absolute Gasteiger partial charge is 0.0562 e. The van der Waals surface area contributed by atoms with Gasteiger partial charge in [0.05, 0.1) is 22.4 Å². The van der Waals surface area contributed by atoms with Gasteiger partial charge in [0.1, 0.15) is 0 Å². The lowest BCUT2D eigenvalue weighted by Gasteiger charge is -2.27. The Morgan fingerprint density at radius 2 is 0.885 bits per heavy atom. The number of para-hydroxylation sites is 1. The zero-order chi connectivity index (χ0) is 35.0. The minimum absolute atomic E-state index is 1.10. The van der Waals surface area contributed by atoms with E-state index in [1.165, 1.54) is 72.0 Å². The van der Waals surface area contributed by atoms with Gasteiger partial charge in [0.15, 0.2) is 0 Å². The topological polar surface area (TPSA) is 8.17 Å². The number of rotatable bonds is 7. The second-order valence-electron chi connectivity index (χ2n) is 13.6. The van der Waals surface area contributed by atoms with Crippen molar-refractivity contribution in [2.75, 3.05) is 4.90 Å². The highest BCUT2D eigenvalue weighted by atomic mass is 15.1. The van der Waals surface area contributed by atoms with Crippen LogP contribution < -0.4 is 4.90 Å². The van der Waals surface area contributed by atoms with E-state index in [1.54, 1.807) is 0 Å². The largest absolute Gasteiger partial charge is 0.310 e. The van der Waals surface area contributed by atoms with Gasteiger partial charge in [-0.25, -0.2) is 0 Å². The number of aryl methyl sites for hydroxylation is 2. The summed E-state index contributed by atoms with van der Waals surface area (Å²) in [7, 11) is 0. The molecule has 0 unspecified atom stereocenters. The molecule has 0 aliphatic heterocycles.